The van der Waals surface area contributed by atoms with Gasteiger partial charge >= 0.3 is 12.4 Å². The van der Waals surface area contributed by atoms with E-state index in [0.29, 0.717) is 0 Å². The molecule has 11 heteroatoms. The molecule has 1 rings (SSSR count). The molecule has 1 atom stereocenters. The van der Waals surface area contributed by atoms with Crippen molar-refractivity contribution in [3.8, 4) is 11.8 Å². The second kappa shape index (κ2) is 7.33. The first-order valence-corrected chi connectivity index (χ1v) is 7.09. The average molecular weight is 369 g/mol. The Kier molecular flexibility index (Phi) is 6.09. The number of halogens is 6. The standard InChI is InChI=1S/C14H17F6N5/c1-8(14(18,19)20)22-11-24-9(5-6-12(2,3)4)23-10(25-11)21-7-13(15,16)17/h8H,7H2,1-4H3,(H2,21,22,23,24,25)/t8-/m1/s1. The Morgan fingerprint density at radius 3 is 2.00 bits per heavy atom. The van der Waals surface area contributed by atoms with Crippen LogP contribution in [0.25, 0.3) is 0 Å². The molecule has 2 N–H and O–H groups in total. The number of alkyl halides is 6. The molecule has 1 aromatic rings. The van der Waals surface area contributed by atoms with E-state index in [-0.39, 0.29) is 5.82 Å². The summed E-state index contributed by atoms with van der Waals surface area (Å²) in [6.45, 7) is 4.70. The van der Waals surface area contributed by atoms with Gasteiger partial charge in [-0.1, -0.05) is 5.92 Å². The summed E-state index contributed by atoms with van der Waals surface area (Å²) in [4.78, 5) is 10.9. The third kappa shape index (κ3) is 8.42. The molecule has 5 nitrogen and oxygen atoms in total. The van der Waals surface area contributed by atoms with Crippen LogP contribution in [0.15, 0.2) is 0 Å². The Labute approximate surface area is 140 Å². The van der Waals surface area contributed by atoms with Gasteiger partial charge in [-0.05, 0) is 33.6 Å². The van der Waals surface area contributed by atoms with Gasteiger partial charge in [0.1, 0.15) is 12.6 Å². The molecule has 0 aliphatic heterocycles. The Morgan fingerprint density at radius 1 is 0.960 bits per heavy atom. The summed E-state index contributed by atoms with van der Waals surface area (Å²) in [6.07, 6.45) is -9.12. The highest BCUT2D eigenvalue weighted by Gasteiger charge is 2.36. The molecule has 1 aromatic heterocycles. The third-order valence-corrected chi connectivity index (χ3v) is 2.47. The van der Waals surface area contributed by atoms with Gasteiger partial charge in [0.15, 0.2) is 0 Å². The summed E-state index contributed by atoms with van der Waals surface area (Å²) >= 11 is 0. The zero-order valence-corrected chi connectivity index (χ0v) is 13.9. The number of nitrogens with one attached hydrogen (secondary N) is 2. The molecule has 0 radical (unpaired) electrons. The summed E-state index contributed by atoms with van der Waals surface area (Å²) in [6, 6.07) is -2.01. The van der Waals surface area contributed by atoms with Crippen molar-refractivity contribution in [1.29, 1.82) is 0 Å². The molecule has 0 bridgehead atoms. The van der Waals surface area contributed by atoms with E-state index in [1.807, 2.05) is 10.6 Å². The molecule has 1 heterocycles. The highest BCUT2D eigenvalue weighted by atomic mass is 19.4. The van der Waals surface area contributed by atoms with Gasteiger partial charge in [-0.2, -0.15) is 41.3 Å². The van der Waals surface area contributed by atoms with Crippen LogP contribution in [0.4, 0.5) is 38.2 Å². The van der Waals surface area contributed by atoms with Crippen LogP contribution in [0.5, 0.6) is 0 Å². The molecule has 25 heavy (non-hydrogen) atoms. The molecule has 0 saturated heterocycles. The lowest BCUT2D eigenvalue weighted by Crippen LogP contribution is -2.34. The first kappa shape index (κ1) is 20.8. The average Bonchev–Trinajstić information content (AvgIpc) is 2.40. The number of hydrogen-bond acceptors (Lipinski definition) is 5. The summed E-state index contributed by atoms with van der Waals surface area (Å²) < 4.78 is 74.7. The summed E-state index contributed by atoms with van der Waals surface area (Å²) in [5.74, 6) is 3.97. The first-order chi connectivity index (χ1) is 11.2. The monoisotopic (exact) mass is 369 g/mol. The van der Waals surface area contributed by atoms with Crippen LogP contribution >= 0.6 is 0 Å². The molecule has 0 spiro atoms. The zero-order chi connectivity index (χ0) is 19.5. The first-order valence-electron chi connectivity index (χ1n) is 7.09. The smallest absolute Gasteiger partial charge is 0.345 e. The second-order valence-corrected chi connectivity index (χ2v) is 6.18. The van der Waals surface area contributed by atoms with Crippen LogP contribution in [-0.2, 0) is 0 Å². The zero-order valence-electron chi connectivity index (χ0n) is 13.9. The van der Waals surface area contributed by atoms with Gasteiger partial charge in [-0.3, -0.25) is 0 Å². The molecule has 0 aliphatic carbocycles. The molecular formula is C14H17F6N5. The van der Waals surface area contributed by atoms with Crippen LogP contribution in [0.1, 0.15) is 33.5 Å². The minimum absolute atomic E-state index is 0.244. The highest BCUT2D eigenvalue weighted by molar-refractivity contribution is 5.39. The Balaban J connectivity index is 3.15. The maximum Gasteiger partial charge on any atom is 0.408 e. The van der Waals surface area contributed by atoms with Crippen molar-refractivity contribution in [3.05, 3.63) is 5.82 Å². The SMILES string of the molecule is C[C@@H](Nc1nc(C#CC(C)(C)C)nc(NCC(F)(F)F)n1)C(F)(F)F. The van der Waals surface area contributed by atoms with Crippen molar-refractivity contribution in [2.75, 3.05) is 17.2 Å². The highest BCUT2D eigenvalue weighted by Crippen LogP contribution is 2.22. The van der Waals surface area contributed by atoms with Gasteiger partial charge in [0.05, 0.1) is 0 Å². The van der Waals surface area contributed by atoms with Gasteiger partial charge in [0.25, 0.3) is 0 Å². The number of nitrogens with zero attached hydrogens (tertiary/aromatic N) is 3. The van der Waals surface area contributed by atoms with E-state index in [4.69, 9.17) is 0 Å². The van der Waals surface area contributed by atoms with E-state index in [9.17, 15) is 26.3 Å². The number of anilines is 2. The van der Waals surface area contributed by atoms with E-state index in [1.165, 1.54) is 0 Å². The lowest BCUT2D eigenvalue weighted by atomic mass is 9.98. The van der Waals surface area contributed by atoms with Crippen molar-refractivity contribution >= 4 is 11.9 Å². The molecule has 0 amide bonds. The summed E-state index contributed by atoms with van der Waals surface area (Å²) in [7, 11) is 0. The maximum absolute atomic E-state index is 12.6. The van der Waals surface area contributed by atoms with Gasteiger partial charge in [-0.15, -0.1) is 0 Å². The molecule has 0 fully saturated rings. The van der Waals surface area contributed by atoms with Crippen LogP contribution in [0, 0.1) is 17.3 Å². The topological polar surface area (TPSA) is 62.7 Å². The lowest BCUT2D eigenvalue weighted by molar-refractivity contribution is -0.138. The lowest BCUT2D eigenvalue weighted by Gasteiger charge is -2.17. The van der Waals surface area contributed by atoms with Crippen LogP contribution in [0.2, 0.25) is 0 Å². The maximum atomic E-state index is 12.6. The minimum atomic E-state index is -4.58. The normalized spacial score (nSPS) is 13.7. The van der Waals surface area contributed by atoms with Crippen LogP contribution in [0.3, 0.4) is 0 Å². The van der Waals surface area contributed by atoms with Crippen molar-refractivity contribution in [2.24, 2.45) is 5.41 Å². The number of aromatic nitrogens is 3. The van der Waals surface area contributed by atoms with Gasteiger partial charge < -0.3 is 10.6 Å². The Morgan fingerprint density at radius 2 is 1.52 bits per heavy atom. The molecule has 0 aliphatic rings. The minimum Gasteiger partial charge on any atom is -0.345 e. The molecule has 0 unspecified atom stereocenters. The van der Waals surface area contributed by atoms with E-state index < -0.39 is 42.3 Å². The van der Waals surface area contributed by atoms with Crippen molar-refractivity contribution < 1.29 is 26.3 Å². The second-order valence-electron chi connectivity index (χ2n) is 6.18. The van der Waals surface area contributed by atoms with E-state index >= 15 is 0 Å². The van der Waals surface area contributed by atoms with Crippen LogP contribution in [-0.4, -0.2) is 39.9 Å². The van der Waals surface area contributed by atoms with Gasteiger partial charge in [0.2, 0.25) is 17.7 Å². The molecule has 0 aromatic carbocycles. The molecule has 140 valence electrons. The predicted octanol–water partition coefficient (Wildman–Crippen LogP) is 3.61. The summed E-state index contributed by atoms with van der Waals surface area (Å²) in [5.41, 5.74) is -0.459. The predicted molar refractivity (Wildman–Crippen MR) is 79.8 cm³/mol. The van der Waals surface area contributed by atoms with Crippen molar-refractivity contribution in [1.82, 2.24) is 15.0 Å². The fourth-order valence-electron chi connectivity index (χ4n) is 1.27. The number of hydrogen-bond donors (Lipinski definition) is 2. The van der Waals surface area contributed by atoms with E-state index in [1.54, 1.807) is 20.8 Å². The Hall–Kier alpha value is -2.25. The quantitative estimate of drug-likeness (QED) is 0.627. The largest absolute Gasteiger partial charge is 0.408 e. The fourth-order valence-corrected chi connectivity index (χ4v) is 1.27. The number of rotatable bonds is 4. The van der Waals surface area contributed by atoms with Crippen LogP contribution < -0.4 is 10.6 Å². The van der Waals surface area contributed by atoms with Gasteiger partial charge in [-0.25, -0.2) is 0 Å². The molecule has 0 saturated carbocycles. The Bertz CT molecular complexity index is 651. The van der Waals surface area contributed by atoms with Crippen molar-refractivity contribution in [2.45, 2.75) is 46.1 Å². The van der Waals surface area contributed by atoms with E-state index in [0.717, 1.165) is 6.92 Å². The van der Waals surface area contributed by atoms with E-state index in [2.05, 4.69) is 26.8 Å². The fraction of sp³-hybridized carbons (Fsp3) is 0.643. The van der Waals surface area contributed by atoms with Crippen molar-refractivity contribution in [3.63, 3.8) is 0 Å². The molecular weight excluding hydrogens is 352 g/mol. The third-order valence-electron chi connectivity index (χ3n) is 2.47. The van der Waals surface area contributed by atoms with Gasteiger partial charge in [0, 0.05) is 5.41 Å². The summed E-state index contributed by atoms with van der Waals surface area (Å²) in [5, 5.41) is 3.88.